The van der Waals surface area contributed by atoms with E-state index in [1.54, 1.807) is 6.20 Å². The number of aryl methyl sites for hydroxylation is 1. The third-order valence-electron chi connectivity index (χ3n) is 2.72. The van der Waals surface area contributed by atoms with Gasteiger partial charge in [-0.05, 0) is 19.3 Å². The highest BCUT2D eigenvalue weighted by atomic mass is 16.3. The van der Waals surface area contributed by atoms with E-state index in [9.17, 15) is 0 Å². The first kappa shape index (κ1) is 12.0. The van der Waals surface area contributed by atoms with E-state index in [0.717, 1.165) is 31.9 Å². The molecule has 1 unspecified atom stereocenters. The first-order valence-corrected chi connectivity index (χ1v) is 5.67. The van der Waals surface area contributed by atoms with Crippen LogP contribution in [0.15, 0.2) is 12.4 Å². The Labute approximate surface area is 91.3 Å². The van der Waals surface area contributed by atoms with Crippen LogP contribution in [0.4, 0.5) is 5.95 Å². The number of aliphatic hydroxyl groups excluding tert-OH is 1. The lowest BCUT2D eigenvalue weighted by molar-refractivity contribution is 0.258. The molecule has 0 aliphatic carbocycles. The molecule has 0 aliphatic rings. The summed E-state index contributed by atoms with van der Waals surface area (Å²) >= 11 is 0. The number of rotatable bonds is 7. The molecule has 0 bridgehead atoms. The minimum Gasteiger partial charge on any atom is -0.396 e. The van der Waals surface area contributed by atoms with E-state index in [2.05, 4.69) is 28.7 Å². The van der Waals surface area contributed by atoms with Crippen LogP contribution in [0.3, 0.4) is 0 Å². The summed E-state index contributed by atoms with van der Waals surface area (Å²) in [7, 11) is 0. The van der Waals surface area contributed by atoms with E-state index in [1.165, 1.54) is 0 Å². The molecule has 0 aromatic carbocycles. The van der Waals surface area contributed by atoms with Gasteiger partial charge in [0, 0.05) is 32.1 Å². The number of aromatic nitrogens is 2. The van der Waals surface area contributed by atoms with Crippen LogP contribution in [0.5, 0.6) is 0 Å². The summed E-state index contributed by atoms with van der Waals surface area (Å²) in [5.41, 5.74) is 0. The fraction of sp³-hybridized carbons (Fsp3) is 0.727. The van der Waals surface area contributed by atoms with Crippen molar-refractivity contribution in [3.8, 4) is 0 Å². The van der Waals surface area contributed by atoms with Crippen LogP contribution in [0.2, 0.25) is 0 Å². The molecule has 0 fully saturated rings. The van der Waals surface area contributed by atoms with E-state index in [-0.39, 0.29) is 6.61 Å². The molecule has 0 amide bonds. The van der Waals surface area contributed by atoms with Gasteiger partial charge in [0.25, 0.3) is 0 Å². The highest BCUT2D eigenvalue weighted by molar-refractivity contribution is 5.25. The average Bonchev–Trinajstić information content (AvgIpc) is 2.71. The summed E-state index contributed by atoms with van der Waals surface area (Å²) in [6, 6.07) is 0. The molecular formula is C11H21N3O. The maximum Gasteiger partial charge on any atom is 0.202 e. The molecule has 2 N–H and O–H groups in total. The Morgan fingerprint density at radius 1 is 1.53 bits per heavy atom. The summed E-state index contributed by atoms with van der Waals surface area (Å²) in [6.45, 7) is 6.32. The molecule has 0 spiro atoms. The lowest BCUT2D eigenvalue weighted by atomic mass is 10.0. The zero-order valence-corrected chi connectivity index (χ0v) is 9.61. The van der Waals surface area contributed by atoms with Gasteiger partial charge < -0.3 is 15.0 Å². The Morgan fingerprint density at radius 2 is 2.33 bits per heavy atom. The SMILES string of the molecule is CCC(CCO)CNc1nccn1CC. The largest absolute Gasteiger partial charge is 0.396 e. The van der Waals surface area contributed by atoms with Gasteiger partial charge in [-0.1, -0.05) is 13.3 Å². The van der Waals surface area contributed by atoms with Crippen molar-refractivity contribution in [3.63, 3.8) is 0 Å². The van der Waals surface area contributed by atoms with Gasteiger partial charge in [0.05, 0.1) is 0 Å². The third-order valence-corrected chi connectivity index (χ3v) is 2.72. The molecule has 1 heterocycles. The maximum absolute atomic E-state index is 8.88. The zero-order chi connectivity index (χ0) is 11.1. The smallest absolute Gasteiger partial charge is 0.202 e. The Morgan fingerprint density at radius 3 is 2.93 bits per heavy atom. The van der Waals surface area contributed by atoms with Gasteiger partial charge >= 0.3 is 0 Å². The second-order valence-corrected chi connectivity index (χ2v) is 3.70. The van der Waals surface area contributed by atoms with Gasteiger partial charge in [0.1, 0.15) is 0 Å². The zero-order valence-electron chi connectivity index (χ0n) is 9.61. The summed E-state index contributed by atoms with van der Waals surface area (Å²) in [6.07, 6.45) is 5.71. The topological polar surface area (TPSA) is 50.1 Å². The lowest BCUT2D eigenvalue weighted by Crippen LogP contribution is -2.17. The number of nitrogens with one attached hydrogen (secondary N) is 1. The molecule has 1 atom stereocenters. The average molecular weight is 211 g/mol. The minimum absolute atomic E-state index is 0.266. The normalized spacial score (nSPS) is 12.7. The van der Waals surface area contributed by atoms with Crippen LogP contribution in [-0.2, 0) is 6.54 Å². The standard InChI is InChI=1S/C11H21N3O/c1-3-10(5-8-15)9-13-11-12-6-7-14(11)4-2/h6-7,10,15H,3-5,8-9H2,1-2H3,(H,12,13). The highest BCUT2D eigenvalue weighted by Gasteiger charge is 2.07. The quantitative estimate of drug-likeness (QED) is 0.722. The number of anilines is 1. The first-order chi connectivity index (χ1) is 7.31. The van der Waals surface area contributed by atoms with Crippen molar-refractivity contribution in [1.29, 1.82) is 0 Å². The van der Waals surface area contributed by atoms with E-state index >= 15 is 0 Å². The monoisotopic (exact) mass is 211 g/mol. The van der Waals surface area contributed by atoms with E-state index in [0.29, 0.717) is 5.92 Å². The van der Waals surface area contributed by atoms with Crippen LogP contribution >= 0.6 is 0 Å². The van der Waals surface area contributed by atoms with Crippen LogP contribution in [0, 0.1) is 5.92 Å². The molecule has 4 heteroatoms. The third kappa shape index (κ3) is 3.55. The summed E-state index contributed by atoms with van der Waals surface area (Å²) in [5, 5.41) is 12.2. The van der Waals surface area contributed by atoms with E-state index in [1.807, 2.05) is 6.20 Å². The molecule has 1 aromatic heterocycles. The number of hydrogen-bond donors (Lipinski definition) is 2. The van der Waals surface area contributed by atoms with Gasteiger partial charge in [-0.15, -0.1) is 0 Å². The van der Waals surface area contributed by atoms with Crippen LogP contribution in [0.1, 0.15) is 26.7 Å². The Kier molecular flexibility index (Phi) is 5.18. The van der Waals surface area contributed by atoms with Crippen molar-refractivity contribution in [2.75, 3.05) is 18.5 Å². The minimum atomic E-state index is 0.266. The van der Waals surface area contributed by atoms with Gasteiger partial charge in [0.2, 0.25) is 5.95 Å². The molecule has 86 valence electrons. The summed E-state index contributed by atoms with van der Waals surface area (Å²) < 4.78 is 2.08. The highest BCUT2D eigenvalue weighted by Crippen LogP contribution is 2.10. The van der Waals surface area contributed by atoms with Crippen molar-refractivity contribution in [3.05, 3.63) is 12.4 Å². The van der Waals surface area contributed by atoms with E-state index < -0.39 is 0 Å². The second kappa shape index (κ2) is 6.45. The van der Waals surface area contributed by atoms with Gasteiger partial charge in [-0.2, -0.15) is 0 Å². The van der Waals surface area contributed by atoms with Gasteiger partial charge in [-0.25, -0.2) is 4.98 Å². The molecule has 1 aromatic rings. The van der Waals surface area contributed by atoms with Crippen molar-refractivity contribution < 1.29 is 5.11 Å². The number of hydrogen-bond acceptors (Lipinski definition) is 3. The molecule has 0 saturated carbocycles. The van der Waals surface area contributed by atoms with Gasteiger partial charge in [0.15, 0.2) is 0 Å². The van der Waals surface area contributed by atoms with Crippen molar-refractivity contribution in [1.82, 2.24) is 9.55 Å². The predicted octanol–water partition coefficient (Wildman–Crippen LogP) is 1.72. The molecule has 15 heavy (non-hydrogen) atoms. The van der Waals surface area contributed by atoms with Crippen LogP contribution in [0.25, 0.3) is 0 Å². The van der Waals surface area contributed by atoms with Crippen molar-refractivity contribution in [2.45, 2.75) is 33.2 Å². The lowest BCUT2D eigenvalue weighted by Gasteiger charge is -2.15. The molecule has 1 rings (SSSR count). The molecular weight excluding hydrogens is 190 g/mol. The van der Waals surface area contributed by atoms with Crippen molar-refractivity contribution >= 4 is 5.95 Å². The maximum atomic E-state index is 8.88. The molecule has 4 nitrogen and oxygen atoms in total. The molecule has 0 saturated heterocycles. The Balaban J connectivity index is 2.41. The fourth-order valence-electron chi connectivity index (χ4n) is 1.60. The Bertz CT molecular complexity index is 273. The molecule has 0 aliphatic heterocycles. The predicted molar refractivity (Wildman–Crippen MR) is 61.9 cm³/mol. The first-order valence-electron chi connectivity index (χ1n) is 5.67. The van der Waals surface area contributed by atoms with E-state index in [4.69, 9.17) is 5.11 Å². The van der Waals surface area contributed by atoms with Crippen LogP contribution in [-0.4, -0.2) is 27.8 Å². The van der Waals surface area contributed by atoms with Crippen LogP contribution < -0.4 is 5.32 Å². The fourth-order valence-corrected chi connectivity index (χ4v) is 1.60. The summed E-state index contributed by atoms with van der Waals surface area (Å²) in [4.78, 5) is 4.24. The molecule has 0 radical (unpaired) electrons. The summed E-state index contributed by atoms with van der Waals surface area (Å²) in [5.74, 6) is 1.45. The second-order valence-electron chi connectivity index (χ2n) is 3.70. The number of imidazole rings is 1. The van der Waals surface area contributed by atoms with Gasteiger partial charge in [-0.3, -0.25) is 0 Å². The number of aliphatic hydroxyl groups is 1. The Hall–Kier alpha value is -1.03. The number of nitrogens with zero attached hydrogens (tertiary/aromatic N) is 2. The van der Waals surface area contributed by atoms with Crippen molar-refractivity contribution in [2.24, 2.45) is 5.92 Å².